The van der Waals surface area contributed by atoms with Crippen molar-refractivity contribution in [1.29, 1.82) is 0 Å². The molecule has 2 aromatic rings. The van der Waals surface area contributed by atoms with Gasteiger partial charge in [-0.1, -0.05) is 12.1 Å². The number of carbonyl (C=O) groups excluding carboxylic acids is 2. The fourth-order valence-electron chi connectivity index (χ4n) is 4.11. The molecule has 0 spiro atoms. The number of likely N-dealkylation sites (tertiary alicyclic amines) is 1. The van der Waals surface area contributed by atoms with E-state index in [0.717, 1.165) is 12.8 Å². The number of ketones is 1. The first-order valence-electron chi connectivity index (χ1n) is 10.2. The number of nitrogens with zero attached hydrogens (tertiary/aromatic N) is 1. The van der Waals surface area contributed by atoms with Crippen LogP contribution in [0.3, 0.4) is 0 Å². The molecule has 7 heteroatoms. The van der Waals surface area contributed by atoms with Gasteiger partial charge < -0.3 is 24.2 Å². The molecular weight excluding hydrogens is 398 g/mol. The fourth-order valence-corrected chi connectivity index (χ4v) is 4.11. The van der Waals surface area contributed by atoms with Crippen LogP contribution in [0.2, 0.25) is 0 Å². The van der Waals surface area contributed by atoms with E-state index in [9.17, 15) is 14.7 Å². The molecular formula is C24H25NO6. The van der Waals surface area contributed by atoms with E-state index >= 15 is 0 Å². The van der Waals surface area contributed by atoms with Crippen LogP contribution in [0.15, 0.2) is 54.1 Å². The van der Waals surface area contributed by atoms with E-state index in [1.54, 1.807) is 62.8 Å². The number of amides is 1. The molecule has 0 bridgehead atoms. The molecule has 0 unspecified atom stereocenters. The van der Waals surface area contributed by atoms with Crippen molar-refractivity contribution in [1.82, 2.24) is 4.90 Å². The highest BCUT2D eigenvalue weighted by Crippen LogP contribution is 2.40. The summed E-state index contributed by atoms with van der Waals surface area (Å²) >= 11 is 0. The summed E-state index contributed by atoms with van der Waals surface area (Å²) in [7, 11) is 3.12. The van der Waals surface area contributed by atoms with E-state index < -0.39 is 17.7 Å². The summed E-state index contributed by atoms with van der Waals surface area (Å²) < 4.78 is 16.1. The lowest BCUT2D eigenvalue weighted by molar-refractivity contribution is -0.140. The zero-order chi connectivity index (χ0) is 22.0. The number of ether oxygens (including phenoxy) is 3. The average molecular weight is 423 g/mol. The Bertz CT molecular complexity index is 990. The van der Waals surface area contributed by atoms with Crippen LogP contribution in [0.25, 0.3) is 5.76 Å². The van der Waals surface area contributed by atoms with Crippen molar-refractivity contribution in [3.8, 4) is 11.5 Å². The maximum absolute atomic E-state index is 13.0. The molecule has 2 heterocycles. The van der Waals surface area contributed by atoms with Gasteiger partial charge in [0.15, 0.2) is 0 Å². The Balaban J connectivity index is 1.79. The van der Waals surface area contributed by atoms with Crippen molar-refractivity contribution < 1.29 is 28.9 Å². The second kappa shape index (κ2) is 8.81. The van der Waals surface area contributed by atoms with Gasteiger partial charge >= 0.3 is 0 Å². The number of methoxy groups -OCH3 is 2. The van der Waals surface area contributed by atoms with Gasteiger partial charge in [-0.25, -0.2) is 0 Å². The van der Waals surface area contributed by atoms with Crippen LogP contribution in [0.4, 0.5) is 0 Å². The van der Waals surface area contributed by atoms with Gasteiger partial charge in [0, 0.05) is 18.7 Å². The Hall–Kier alpha value is -3.32. The molecule has 1 amide bonds. The minimum Gasteiger partial charge on any atom is -0.507 e. The van der Waals surface area contributed by atoms with Crippen LogP contribution >= 0.6 is 0 Å². The second-order valence-corrected chi connectivity index (χ2v) is 7.59. The highest BCUT2D eigenvalue weighted by atomic mass is 16.5. The SMILES string of the molecule is COc1ccc(C(O)=C2C(=O)C(=O)N(C[C@H]3CCCO3)[C@H]2c2ccc(OC)cc2)cc1. The number of aliphatic hydroxyl groups is 1. The second-order valence-electron chi connectivity index (χ2n) is 7.59. The first-order chi connectivity index (χ1) is 15.0. The monoisotopic (exact) mass is 423 g/mol. The number of benzene rings is 2. The number of carbonyl (C=O) groups is 2. The Labute approximate surface area is 180 Å². The minimum absolute atomic E-state index is 0.0679. The van der Waals surface area contributed by atoms with Gasteiger partial charge in [0.05, 0.1) is 31.9 Å². The van der Waals surface area contributed by atoms with E-state index in [2.05, 4.69) is 0 Å². The molecule has 1 N–H and O–H groups in total. The molecule has 0 aliphatic carbocycles. The minimum atomic E-state index is -0.711. The molecule has 31 heavy (non-hydrogen) atoms. The maximum Gasteiger partial charge on any atom is 0.295 e. The van der Waals surface area contributed by atoms with Crippen LogP contribution < -0.4 is 9.47 Å². The van der Waals surface area contributed by atoms with Crippen molar-refractivity contribution in [2.45, 2.75) is 25.0 Å². The number of rotatable bonds is 6. The van der Waals surface area contributed by atoms with Crippen LogP contribution in [0.5, 0.6) is 11.5 Å². The summed E-state index contributed by atoms with van der Waals surface area (Å²) in [5.41, 5.74) is 1.22. The van der Waals surface area contributed by atoms with Crippen LogP contribution in [-0.4, -0.2) is 55.2 Å². The molecule has 4 rings (SSSR count). The molecule has 0 saturated carbocycles. The normalized spacial score (nSPS) is 22.7. The predicted molar refractivity (Wildman–Crippen MR) is 114 cm³/mol. The van der Waals surface area contributed by atoms with Gasteiger partial charge in [0.1, 0.15) is 17.3 Å². The van der Waals surface area contributed by atoms with Crippen LogP contribution in [-0.2, 0) is 14.3 Å². The van der Waals surface area contributed by atoms with Crippen molar-refractivity contribution in [3.63, 3.8) is 0 Å². The van der Waals surface area contributed by atoms with Gasteiger partial charge in [-0.05, 0) is 54.8 Å². The topological polar surface area (TPSA) is 85.3 Å². The smallest absolute Gasteiger partial charge is 0.295 e. The van der Waals surface area contributed by atoms with Crippen LogP contribution in [0, 0.1) is 0 Å². The molecule has 2 fully saturated rings. The summed E-state index contributed by atoms with van der Waals surface area (Å²) in [5, 5.41) is 11.1. The Morgan fingerprint density at radius 2 is 1.65 bits per heavy atom. The number of aliphatic hydroxyl groups excluding tert-OH is 1. The standard InChI is InChI=1S/C24H25NO6/c1-29-17-9-5-15(6-10-17)21-20(22(26)16-7-11-18(30-2)12-8-16)23(27)24(28)25(21)14-19-4-3-13-31-19/h5-12,19,21,26H,3-4,13-14H2,1-2H3/t19-,21+/m1/s1. The highest BCUT2D eigenvalue weighted by molar-refractivity contribution is 6.46. The third-order valence-electron chi connectivity index (χ3n) is 5.76. The first-order valence-corrected chi connectivity index (χ1v) is 10.2. The third-order valence-corrected chi connectivity index (χ3v) is 5.76. The zero-order valence-corrected chi connectivity index (χ0v) is 17.5. The molecule has 2 aromatic carbocycles. The predicted octanol–water partition coefficient (Wildman–Crippen LogP) is 3.30. The Kier molecular flexibility index (Phi) is 5.95. The molecule has 2 aliphatic rings. The lowest BCUT2D eigenvalue weighted by Gasteiger charge is -2.27. The van der Waals surface area contributed by atoms with Crippen molar-refractivity contribution in [3.05, 3.63) is 65.2 Å². The molecule has 2 aliphatic heterocycles. The Morgan fingerprint density at radius 3 is 2.19 bits per heavy atom. The maximum atomic E-state index is 13.0. The van der Waals surface area contributed by atoms with E-state index in [4.69, 9.17) is 14.2 Å². The fraction of sp³-hybridized carbons (Fsp3) is 0.333. The quantitative estimate of drug-likeness (QED) is 0.436. The highest BCUT2D eigenvalue weighted by Gasteiger charge is 2.47. The zero-order valence-electron chi connectivity index (χ0n) is 17.5. The van der Waals surface area contributed by atoms with Gasteiger partial charge in [-0.3, -0.25) is 9.59 Å². The molecule has 0 aromatic heterocycles. The lowest BCUT2D eigenvalue weighted by Crippen LogP contribution is -2.36. The molecule has 7 nitrogen and oxygen atoms in total. The van der Waals surface area contributed by atoms with Crippen molar-refractivity contribution in [2.24, 2.45) is 0 Å². The summed E-state index contributed by atoms with van der Waals surface area (Å²) in [6, 6.07) is 13.2. The van der Waals surface area contributed by atoms with Gasteiger partial charge in [-0.2, -0.15) is 0 Å². The lowest BCUT2D eigenvalue weighted by atomic mass is 9.95. The van der Waals surface area contributed by atoms with Crippen molar-refractivity contribution >= 4 is 17.4 Å². The Morgan fingerprint density at radius 1 is 1.03 bits per heavy atom. The van der Waals surface area contributed by atoms with E-state index in [1.807, 2.05) is 0 Å². The number of hydrogen-bond acceptors (Lipinski definition) is 6. The van der Waals surface area contributed by atoms with Gasteiger partial charge in [0.2, 0.25) is 0 Å². The third kappa shape index (κ3) is 4.01. The molecule has 0 radical (unpaired) electrons. The summed E-state index contributed by atoms with van der Waals surface area (Å²) in [6.45, 7) is 0.939. The van der Waals surface area contributed by atoms with E-state index in [0.29, 0.717) is 35.8 Å². The van der Waals surface area contributed by atoms with Gasteiger partial charge in [0.25, 0.3) is 11.7 Å². The molecule has 162 valence electrons. The average Bonchev–Trinajstić information content (AvgIpc) is 3.41. The number of hydrogen-bond donors (Lipinski definition) is 1. The molecule has 2 saturated heterocycles. The summed E-state index contributed by atoms with van der Waals surface area (Å²) in [6.07, 6.45) is 1.63. The number of Topliss-reactive ketones (excluding diaryl/α,β-unsaturated/α-hetero) is 1. The largest absolute Gasteiger partial charge is 0.507 e. The first kappa shape index (κ1) is 20.9. The summed E-state index contributed by atoms with van der Waals surface area (Å²) in [5.74, 6) is -0.257. The van der Waals surface area contributed by atoms with Crippen LogP contribution in [0.1, 0.15) is 30.0 Å². The van der Waals surface area contributed by atoms with Crippen molar-refractivity contribution in [2.75, 3.05) is 27.4 Å². The molecule has 2 atom stereocenters. The van der Waals surface area contributed by atoms with Gasteiger partial charge in [-0.15, -0.1) is 0 Å². The van der Waals surface area contributed by atoms with E-state index in [-0.39, 0.29) is 17.4 Å². The summed E-state index contributed by atoms with van der Waals surface area (Å²) in [4.78, 5) is 27.5. The van der Waals surface area contributed by atoms with E-state index in [1.165, 1.54) is 4.90 Å².